The van der Waals surface area contributed by atoms with Crippen LogP contribution in [0.1, 0.15) is 20.8 Å². The van der Waals surface area contributed by atoms with Crippen LogP contribution in [-0.4, -0.2) is 48.9 Å². The molecule has 0 fully saturated rings. The molecule has 0 aromatic rings. The van der Waals surface area contributed by atoms with Crippen molar-refractivity contribution in [2.75, 3.05) is 37.7 Å². The van der Waals surface area contributed by atoms with E-state index in [4.69, 9.17) is 5.73 Å². The number of rotatable bonds is 10. The molecule has 0 bridgehead atoms. The Morgan fingerprint density at radius 1 is 1.00 bits per heavy atom. The van der Waals surface area contributed by atoms with Crippen molar-refractivity contribution >= 4 is 25.3 Å². The Kier molecular flexibility index (Phi) is 8.88. The molecule has 0 heterocycles. The van der Waals surface area contributed by atoms with Crippen molar-refractivity contribution < 1.29 is 0 Å². The van der Waals surface area contributed by atoms with E-state index >= 15 is 0 Å². The normalized spacial score (nSPS) is 18.7. The Morgan fingerprint density at radius 3 is 2.06 bits per heavy atom. The summed E-state index contributed by atoms with van der Waals surface area (Å²) < 4.78 is 0. The summed E-state index contributed by atoms with van der Waals surface area (Å²) in [5.41, 5.74) is 5.72. The lowest BCUT2D eigenvalue weighted by Crippen LogP contribution is -2.66. The van der Waals surface area contributed by atoms with Crippen LogP contribution in [0, 0.1) is 0 Å². The Morgan fingerprint density at radius 2 is 1.65 bits per heavy atom. The number of nitrogens with one attached hydrogen (secondary N) is 3. The third kappa shape index (κ3) is 6.88. The first-order chi connectivity index (χ1) is 7.95. The molecule has 5 N–H and O–H groups in total. The van der Waals surface area contributed by atoms with E-state index in [0.717, 1.165) is 25.4 Å². The maximum atomic E-state index is 6.24. The van der Waals surface area contributed by atoms with Gasteiger partial charge in [-0.2, -0.15) is 25.3 Å². The van der Waals surface area contributed by atoms with E-state index in [-0.39, 0.29) is 5.54 Å². The highest BCUT2D eigenvalue weighted by molar-refractivity contribution is 7.80. The van der Waals surface area contributed by atoms with Gasteiger partial charge in [-0.3, -0.25) is 5.32 Å². The molecule has 1 unspecified atom stereocenters. The fourth-order valence-electron chi connectivity index (χ4n) is 1.49. The molecule has 0 radical (unpaired) electrons. The third-order valence-corrected chi connectivity index (χ3v) is 4.02. The second-order valence-corrected chi connectivity index (χ2v) is 5.33. The number of thiol groups is 2. The molecule has 6 heteroatoms. The molecule has 0 saturated heterocycles. The molecule has 0 aliphatic heterocycles. The highest BCUT2D eigenvalue weighted by atomic mass is 32.1. The quantitative estimate of drug-likeness (QED) is 0.253. The summed E-state index contributed by atoms with van der Waals surface area (Å²) in [6.45, 7) is 9.61. The summed E-state index contributed by atoms with van der Waals surface area (Å²) in [5.74, 6) is 1.35. The first-order valence-electron chi connectivity index (χ1n) is 6.16. The SMILES string of the molecule is CCNCC(N)(CS)NC[C@@](C)(CS)NCC. The zero-order valence-corrected chi connectivity index (χ0v) is 13.0. The second-order valence-electron chi connectivity index (χ2n) is 4.70. The van der Waals surface area contributed by atoms with Crippen LogP contribution in [0.25, 0.3) is 0 Å². The van der Waals surface area contributed by atoms with E-state index in [0.29, 0.717) is 12.3 Å². The summed E-state index contributed by atoms with van der Waals surface area (Å²) in [6.07, 6.45) is 0. The van der Waals surface area contributed by atoms with Crippen molar-refractivity contribution in [3.63, 3.8) is 0 Å². The Bertz CT molecular complexity index is 206. The number of hydrogen-bond donors (Lipinski definition) is 6. The molecule has 104 valence electrons. The third-order valence-electron chi connectivity index (χ3n) is 2.76. The lowest BCUT2D eigenvalue weighted by molar-refractivity contribution is 0.295. The second kappa shape index (κ2) is 8.61. The van der Waals surface area contributed by atoms with Gasteiger partial charge in [0.1, 0.15) is 0 Å². The molecule has 0 amide bonds. The fourth-order valence-corrected chi connectivity index (χ4v) is 1.94. The molecule has 4 nitrogen and oxygen atoms in total. The van der Waals surface area contributed by atoms with E-state index < -0.39 is 5.66 Å². The lowest BCUT2D eigenvalue weighted by atomic mass is 10.0. The molecule has 0 spiro atoms. The zero-order valence-electron chi connectivity index (χ0n) is 11.2. The minimum absolute atomic E-state index is 0.0440. The lowest BCUT2D eigenvalue weighted by Gasteiger charge is -2.36. The van der Waals surface area contributed by atoms with Gasteiger partial charge < -0.3 is 16.4 Å². The van der Waals surface area contributed by atoms with Crippen LogP contribution in [-0.2, 0) is 0 Å². The minimum atomic E-state index is -0.473. The largest absolute Gasteiger partial charge is 0.314 e. The molecule has 2 atom stereocenters. The van der Waals surface area contributed by atoms with Crippen LogP contribution in [0.2, 0.25) is 0 Å². The Hall–Kier alpha value is 0.540. The van der Waals surface area contributed by atoms with Gasteiger partial charge >= 0.3 is 0 Å². The molecule has 0 aliphatic rings. The molecule has 17 heavy (non-hydrogen) atoms. The summed E-state index contributed by atoms with van der Waals surface area (Å²) in [6, 6.07) is 0. The standard InChI is InChI=1S/C11H28N4S2/c1-4-13-7-11(12,9-17)15-6-10(3,8-16)14-5-2/h13-17H,4-9,12H2,1-3H3/t10-,11?/m0/s1. The summed E-state index contributed by atoms with van der Waals surface area (Å²) in [7, 11) is 0. The summed E-state index contributed by atoms with van der Waals surface area (Å²) in [5, 5.41) is 10.1. The van der Waals surface area contributed by atoms with Crippen molar-refractivity contribution in [3.8, 4) is 0 Å². The fraction of sp³-hybridized carbons (Fsp3) is 1.00. The van der Waals surface area contributed by atoms with Gasteiger partial charge in [-0.05, 0) is 20.0 Å². The van der Waals surface area contributed by atoms with Crippen molar-refractivity contribution in [2.24, 2.45) is 5.73 Å². The van der Waals surface area contributed by atoms with Crippen LogP contribution in [0.3, 0.4) is 0 Å². The van der Waals surface area contributed by atoms with Gasteiger partial charge in [0.15, 0.2) is 0 Å². The van der Waals surface area contributed by atoms with Gasteiger partial charge in [0, 0.05) is 30.1 Å². The Balaban J connectivity index is 4.27. The minimum Gasteiger partial charge on any atom is -0.314 e. The van der Waals surface area contributed by atoms with Crippen LogP contribution in [0.15, 0.2) is 0 Å². The number of likely N-dealkylation sites (N-methyl/N-ethyl adjacent to an activating group) is 2. The van der Waals surface area contributed by atoms with E-state index in [2.05, 4.69) is 62.0 Å². The van der Waals surface area contributed by atoms with Crippen LogP contribution in [0.4, 0.5) is 0 Å². The predicted molar refractivity (Wildman–Crippen MR) is 83.3 cm³/mol. The van der Waals surface area contributed by atoms with E-state index in [1.54, 1.807) is 0 Å². The van der Waals surface area contributed by atoms with Crippen molar-refractivity contribution in [2.45, 2.75) is 32.0 Å². The molecule has 0 aliphatic carbocycles. The summed E-state index contributed by atoms with van der Waals surface area (Å²) >= 11 is 8.71. The van der Waals surface area contributed by atoms with Crippen LogP contribution in [0.5, 0.6) is 0 Å². The van der Waals surface area contributed by atoms with E-state index in [1.165, 1.54) is 0 Å². The van der Waals surface area contributed by atoms with Gasteiger partial charge in [-0.25, -0.2) is 0 Å². The molecule has 0 aromatic carbocycles. The highest BCUT2D eigenvalue weighted by Gasteiger charge is 2.27. The molecular weight excluding hydrogens is 252 g/mol. The van der Waals surface area contributed by atoms with Crippen molar-refractivity contribution in [3.05, 3.63) is 0 Å². The van der Waals surface area contributed by atoms with Gasteiger partial charge in [-0.15, -0.1) is 0 Å². The first-order valence-corrected chi connectivity index (χ1v) is 7.43. The van der Waals surface area contributed by atoms with E-state index in [9.17, 15) is 0 Å². The smallest absolute Gasteiger partial charge is 0.0880 e. The maximum absolute atomic E-state index is 6.24. The van der Waals surface area contributed by atoms with Gasteiger partial charge in [0.05, 0.1) is 5.66 Å². The molecule has 0 saturated carbocycles. The summed E-state index contributed by atoms with van der Waals surface area (Å²) in [4.78, 5) is 0. The Labute approximate surface area is 117 Å². The molecule has 0 aromatic heterocycles. The maximum Gasteiger partial charge on any atom is 0.0880 e. The van der Waals surface area contributed by atoms with Gasteiger partial charge in [0.2, 0.25) is 0 Å². The van der Waals surface area contributed by atoms with Gasteiger partial charge in [-0.1, -0.05) is 13.8 Å². The van der Waals surface area contributed by atoms with Crippen LogP contribution >= 0.6 is 25.3 Å². The van der Waals surface area contributed by atoms with Crippen molar-refractivity contribution in [1.82, 2.24) is 16.0 Å². The monoisotopic (exact) mass is 280 g/mol. The average molecular weight is 281 g/mol. The van der Waals surface area contributed by atoms with Crippen molar-refractivity contribution in [1.29, 1.82) is 0 Å². The number of nitrogens with two attached hydrogens (primary N) is 1. The highest BCUT2D eigenvalue weighted by Crippen LogP contribution is 2.07. The average Bonchev–Trinajstić information content (AvgIpc) is 2.34. The number of hydrogen-bond acceptors (Lipinski definition) is 6. The molecular formula is C11H28N4S2. The predicted octanol–water partition coefficient (Wildman–Crippen LogP) is 0.0683. The topological polar surface area (TPSA) is 62.1 Å². The van der Waals surface area contributed by atoms with Crippen LogP contribution < -0.4 is 21.7 Å². The first kappa shape index (κ1) is 17.5. The molecule has 0 rings (SSSR count). The van der Waals surface area contributed by atoms with E-state index in [1.807, 2.05) is 0 Å². The zero-order chi connectivity index (χ0) is 13.4. The van der Waals surface area contributed by atoms with Gasteiger partial charge in [0.25, 0.3) is 0 Å².